The molecule has 7 heteroatoms. The molecule has 1 aliphatic rings. The lowest BCUT2D eigenvalue weighted by Crippen LogP contribution is -2.38. The van der Waals surface area contributed by atoms with E-state index in [2.05, 4.69) is 5.32 Å². The van der Waals surface area contributed by atoms with Gasteiger partial charge in [-0.1, -0.05) is 24.3 Å². The van der Waals surface area contributed by atoms with Crippen molar-refractivity contribution in [2.24, 2.45) is 0 Å². The molecule has 1 heterocycles. The second kappa shape index (κ2) is 8.00. The number of nitrogens with one attached hydrogen (secondary N) is 1. The Labute approximate surface area is 160 Å². The van der Waals surface area contributed by atoms with Gasteiger partial charge in [-0.3, -0.25) is 9.10 Å². The lowest BCUT2D eigenvalue weighted by molar-refractivity contribution is 0.0939. The summed E-state index contributed by atoms with van der Waals surface area (Å²) in [5.74, 6) is 0.594. The van der Waals surface area contributed by atoms with Crippen molar-refractivity contribution in [3.8, 4) is 5.75 Å². The quantitative estimate of drug-likeness (QED) is 0.854. The van der Waals surface area contributed by atoms with Crippen LogP contribution >= 0.6 is 0 Å². The number of para-hydroxylation sites is 1. The van der Waals surface area contributed by atoms with Crippen molar-refractivity contribution < 1.29 is 17.9 Å². The number of benzene rings is 2. The maximum absolute atomic E-state index is 12.7. The summed E-state index contributed by atoms with van der Waals surface area (Å²) in [5.41, 5.74) is 1.84. The number of nitrogens with zero attached hydrogens (tertiary/aromatic N) is 1. The molecule has 6 nitrogen and oxygen atoms in total. The Kier molecular flexibility index (Phi) is 5.70. The molecular weight excluding hydrogens is 364 g/mol. The maximum Gasteiger partial charge on any atom is 0.251 e. The van der Waals surface area contributed by atoms with Crippen molar-refractivity contribution in [3.05, 3.63) is 59.7 Å². The van der Waals surface area contributed by atoms with E-state index in [4.69, 9.17) is 4.74 Å². The number of anilines is 1. The molecule has 2 aromatic rings. The number of methoxy groups -OCH3 is 1. The molecule has 1 N–H and O–H groups in total. The van der Waals surface area contributed by atoms with Crippen molar-refractivity contribution in [2.75, 3.05) is 23.7 Å². The largest absolute Gasteiger partial charge is 0.496 e. The summed E-state index contributed by atoms with van der Waals surface area (Å²) in [6.07, 6.45) is 1.50. The van der Waals surface area contributed by atoms with Crippen LogP contribution in [0, 0.1) is 0 Å². The molecule has 1 fully saturated rings. The number of carbonyl (C=O) groups excluding carboxylic acids is 1. The first-order chi connectivity index (χ1) is 12.9. The van der Waals surface area contributed by atoms with Gasteiger partial charge in [0.05, 0.1) is 24.6 Å². The van der Waals surface area contributed by atoms with E-state index in [1.807, 2.05) is 31.2 Å². The van der Waals surface area contributed by atoms with E-state index >= 15 is 0 Å². The van der Waals surface area contributed by atoms with Crippen LogP contribution in [0.25, 0.3) is 0 Å². The SMILES string of the molecule is COc1ccccc1C(C)NC(=O)c1cccc(N2CCCCS2(=O)=O)c1. The highest BCUT2D eigenvalue weighted by atomic mass is 32.2. The van der Waals surface area contributed by atoms with E-state index in [1.165, 1.54) is 4.31 Å². The van der Waals surface area contributed by atoms with Gasteiger partial charge in [0.2, 0.25) is 10.0 Å². The molecule has 0 bridgehead atoms. The Morgan fingerprint density at radius 1 is 1.15 bits per heavy atom. The smallest absolute Gasteiger partial charge is 0.251 e. The summed E-state index contributed by atoms with van der Waals surface area (Å²) < 4.78 is 31.4. The third-order valence-electron chi connectivity index (χ3n) is 4.70. The minimum Gasteiger partial charge on any atom is -0.496 e. The van der Waals surface area contributed by atoms with E-state index in [0.717, 1.165) is 12.0 Å². The van der Waals surface area contributed by atoms with Gasteiger partial charge in [-0.2, -0.15) is 0 Å². The molecule has 1 saturated heterocycles. The Bertz CT molecular complexity index is 927. The van der Waals surface area contributed by atoms with Gasteiger partial charge in [0.25, 0.3) is 5.91 Å². The van der Waals surface area contributed by atoms with Crippen LogP contribution in [-0.2, 0) is 10.0 Å². The molecule has 1 amide bonds. The van der Waals surface area contributed by atoms with Crippen LogP contribution in [0.2, 0.25) is 0 Å². The molecule has 0 saturated carbocycles. The summed E-state index contributed by atoms with van der Waals surface area (Å²) in [7, 11) is -1.72. The van der Waals surface area contributed by atoms with Gasteiger partial charge in [0.1, 0.15) is 5.75 Å². The van der Waals surface area contributed by atoms with Crippen molar-refractivity contribution in [3.63, 3.8) is 0 Å². The van der Waals surface area contributed by atoms with Crippen LogP contribution in [0.5, 0.6) is 5.75 Å². The third kappa shape index (κ3) is 4.24. The highest BCUT2D eigenvalue weighted by Gasteiger charge is 2.26. The van der Waals surface area contributed by atoms with E-state index < -0.39 is 10.0 Å². The van der Waals surface area contributed by atoms with Gasteiger partial charge in [0.15, 0.2) is 0 Å². The molecule has 1 atom stereocenters. The zero-order valence-corrected chi connectivity index (χ0v) is 16.3. The molecule has 0 aliphatic carbocycles. The van der Waals surface area contributed by atoms with Gasteiger partial charge >= 0.3 is 0 Å². The molecule has 3 rings (SSSR count). The van der Waals surface area contributed by atoms with Crippen LogP contribution in [0.1, 0.15) is 41.7 Å². The van der Waals surface area contributed by atoms with Gasteiger partial charge in [0, 0.05) is 17.7 Å². The van der Waals surface area contributed by atoms with Crippen molar-refractivity contribution in [1.29, 1.82) is 0 Å². The molecule has 1 unspecified atom stereocenters. The summed E-state index contributed by atoms with van der Waals surface area (Å²) in [4.78, 5) is 12.7. The number of ether oxygens (including phenoxy) is 1. The molecule has 0 radical (unpaired) electrons. The fraction of sp³-hybridized carbons (Fsp3) is 0.350. The van der Waals surface area contributed by atoms with E-state index in [1.54, 1.807) is 31.4 Å². The van der Waals surface area contributed by atoms with E-state index in [0.29, 0.717) is 30.0 Å². The molecule has 27 heavy (non-hydrogen) atoms. The lowest BCUT2D eigenvalue weighted by Gasteiger charge is -2.28. The van der Waals surface area contributed by atoms with Gasteiger partial charge in [-0.25, -0.2) is 8.42 Å². The highest BCUT2D eigenvalue weighted by Crippen LogP contribution is 2.26. The normalized spacial score (nSPS) is 17.2. The fourth-order valence-electron chi connectivity index (χ4n) is 3.26. The second-order valence-electron chi connectivity index (χ2n) is 6.58. The predicted octanol–water partition coefficient (Wildman–Crippen LogP) is 3.12. The molecule has 144 valence electrons. The fourth-order valence-corrected chi connectivity index (χ4v) is 4.89. The predicted molar refractivity (Wildman–Crippen MR) is 106 cm³/mol. The first-order valence-electron chi connectivity index (χ1n) is 8.96. The number of amides is 1. The average molecular weight is 388 g/mol. The molecule has 0 aromatic heterocycles. The van der Waals surface area contributed by atoms with Crippen molar-refractivity contribution in [2.45, 2.75) is 25.8 Å². The number of sulfonamides is 1. The van der Waals surface area contributed by atoms with Crippen molar-refractivity contribution in [1.82, 2.24) is 5.32 Å². The number of hydrogen-bond acceptors (Lipinski definition) is 4. The first kappa shape index (κ1) is 19.2. The highest BCUT2D eigenvalue weighted by molar-refractivity contribution is 7.92. The van der Waals surface area contributed by atoms with Crippen LogP contribution in [0.3, 0.4) is 0 Å². The Balaban J connectivity index is 1.79. The van der Waals surface area contributed by atoms with Crippen LogP contribution in [0.4, 0.5) is 5.69 Å². The zero-order chi connectivity index (χ0) is 19.4. The maximum atomic E-state index is 12.7. The number of carbonyl (C=O) groups is 1. The average Bonchev–Trinajstić information content (AvgIpc) is 2.67. The summed E-state index contributed by atoms with van der Waals surface area (Å²) in [5, 5.41) is 2.95. The lowest BCUT2D eigenvalue weighted by atomic mass is 10.1. The molecular formula is C20H24N2O4S. The second-order valence-corrected chi connectivity index (χ2v) is 8.60. The van der Waals surface area contributed by atoms with E-state index in [9.17, 15) is 13.2 Å². The zero-order valence-electron chi connectivity index (χ0n) is 15.5. The summed E-state index contributed by atoms with van der Waals surface area (Å²) in [6, 6.07) is 14.0. The van der Waals surface area contributed by atoms with E-state index in [-0.39, 0.29) is 17.7 Å². The summed E-state index contributed by atoms with van der Waals surface area (Å²) >= 11 is 0. The van der Waals surface area contributed by atoms with Gasteiger partial charge < -0.3 is 10.1 Å². The minimum absolute atomic E-state index is 0.147. The Morgan fingerprint density at radius 2 is 1.93 bits per heavy atom. The molecule has 0 spiro atoms. The molecule has 2 aromatic carbocycles. The topological polar surface area (TPSA) is 75.7 Å². The summed E-state index contributed by atoms with van der Waals surface area (Å²) in [6.45, 7) is 2.33. The van der Waals surface area contributed by atoms with Crippen molar-refractivity contribution >= 4 is 21.6 Å². The van der Waals surface area contributed by atoms with Gasteiger partial charge in [-0.15, -0.1) is 0 Å². The Morgan fingerprint density at radius 3 is 2.67 bits per heavy atom. The first-order valence-corrected chi connectivity index (χ1v) is 10.6. The van der Waals surface area contributed by atoms with Crippen LogP contribution in [0.15, 0.2) is 48.5 Å². The van der Waals surface area contributed by atoms with Crippen LogP contribution < -0.4 is 14.4 Å². The number of hydrogen-bond donors (Lipinski definition) is 1. The van der Waals surface area contributed by atoms with Gasteiger partial charge in [-0.05, 0) is 44.0 Å². The monoisotopic (exact) mass is 388 g/mol. The standard InChI is InChI=1S/C20H24N2O4S/c1-15(18-10-3-4-11-19(18)26-2)21-20(23)16-8-7-9-17(14-16)22-12-5-6-13-27(22,24)25/h3-4,7-11,14-15H,5-6,12-13H2,1-2H3,(H,21,23). The Hall–Kier alpha value is -2.54. The molecule has 1 aliphatic heterocycles. The van der Waals surface area contributed by atoms with Crippen LogP contribution in [-0.4, -0.2) is 33.7 Å². The number of rotatable bonds is 5. The minimum atomic E-state index is -3.31. The third-order valence-corrected chi connectivity index (χ3v) is 6.57.